The molecule has 1 aromatic heterocycles. The molecule has 0 saturated carbocycles. The lowest BCUT2D eigenvalue weighted by atomic mass is 10.0. The Morgan fingerprint density at radius 1 is 1.24 bits per heavy atom. The fourth-order valence-electron chi connectivity index (χ4n) is 3.16. The minimum absolute atomic E-state index is 0.0858. The summed E-state index contributed by atoms with van der Waals surface area (Å²) in [6, 6.07) is 4.14. The highest BCUT2D eigenvalue weighted by atomic mass is 19.1. The molecular formula is C18H19FN2O4. The number of hydrogen-bond acceptors (Lipinski definition) is 4. The molecule has 0 bridgehead atoms. The Balaban J connectivity index is 1.96. The summed E-state index contributed by atoms with van der Waals surface area (Å²) in [4.78, 5) is 29.7. The van der Waals surface area contributed by atoms with Crippen LogP contribution in [0.4, 0.5) is 4.39 Å². The molecule has 2 heterocycles. The van der Waals surface area contributed by atoms with Crippen molar-refractivity contribution in [2.45, 2.75) is 25.3 Å². The number of amides is 1. The number of carboxylic acids is 1. The Bertz CT molecular complexity index is 790. The third-order valence-corrected chi connectivity index (χ3v) is 4.45. The van der Waals surface area contributed by atoms with Gasteiger partial charge in [0.2, 0.25) is 0 Å². The number of aliphatic carboxylic acids is 1. The highest BCUT2D eigenvalue weighted by Gasteiger charge is 2.28. The molecule has 0 spiro atoms. The maximum Gasteiger partial charge on any atom is 0.305 e. The van der Waals surface area contributed by atoms with Gasteiger partial charge in [0, 0.05) is 54.5 Å². The van der Waals surface area contributed by atoms with Crippen LogP contribution in [0.25, 0.3) is 10.8 Å². The number of nitrogens with zero attached hydrogens (tertiary/aromatic N) is 2. The standard InChI is InChI=1S/C18H19FN2O4/c19-16-2-1-14(15-11-20-7-3-13(15)16)18(24)21(8-4-17(22)23)12-5-9-25-10-6-12/h1-3,7,11-12H,4-6,8-10H2,(H,22,23). The van der Waals surface area contributed by atoms with Crippen molar-refractivity contribution in [1.29, 1.82) is 0 Å². The summed E-state index contributed by atoms with van der Waals surface area (Å²) < 4.78 is 19.3. The molecule has 132 valence electrons. The zero-order valence-electron chi connectivity index (χ0n) is 13.7. The average Bonchev–Trinajstić information content (AvgIpc) is 2.63. The van der Waals surface area contributed by atoms with Crippen molar-refractivity contribution in [3.8, 4) is 0 Å². The fraction of sp³-hybridized carbons (Fsp3) is 0.389. The number of halogens is 1. The largest absolute Gasteiger partial charge is 0.481 e. The maximum atomic E-state index is 14.0. The molecule has 0 radical (unpaired) electrons. The number of hydrogen-bond donors (Lipinski definition) is 1. The second-order valence-corrected chi connectivity index (χ2v) is 6.00. The molecule has 1 aliphatic rings. The normalized spacial score (nSPS) is 15.2. The highest BCUT2D eigenvalue weighted by molar-refractivity contribution is 6.07. The van der Waals surface area contributed by atoms with Gasteiger partial charge in [-0.15, -0.1) is 0 Å². The number of pyridine rings is 1. The topological polar surface area (TPSA) is 79.7 Å². The maximum absolute atomic E-state index is 14.0. The van der Waals surface area contributed by atoms with Crippen LogP contribution in [0.15, 0.2) is 30.6 Å². The molecule has 2 aromatic rings. The minimum atomic E-state index is -0.963. The molecule has 7 heteroatoms. The van der Waals surface area contributed by atoms with E-state index >= 15 is 0 Å². The van der Waals surface area contributed by atoms with E-state index in [1.54, 1.807) is 4.90 Å². The summed E-state index contributed by atoms with van der Waals surface area (Å²) in [7, 11) is 0. The zero-order valence-corrected chi connectivity index (χ0v) is 13.7. The third-order valence-electron chi connectivity index (χ3n) is 4.45. The Labute approximate surface area is 144 Å². The molecule has 1 fully saturated rings. The van der Waals surface area contributed by atoms with E-state index < -0.39 is 11.8 Å². The average molecular weight is 346 g/mol. The van der Waals surface area contributed by atoms with E-state index in [2.05, 4.69) is 4.98 Å². The molecule has 1 N–H and O–H groups in total. The van der Waals surface area contributed by atoms with Gasteiger partial charge < -0.3 is 14.7 Å². The Kier molecular flexibility index (Phi) is 5.23. The Morgan fingerprint density at radius 3 is 2.72 bits per heavy atom. The number of aromatic nitrogens is 1. The lowest BCUT2D eigenvalue weighted by Gasteiger charge is -2.34. The number of ether oxygens (including phenoxy) is 1. The van der Waals surface area contributed by atoms with Gasteiger partial charge in [-0.3, -0.25) is 14.6 Å². The van der Waals surface area contributed by atoms with E-state index in [0.29, 0.717) is 42.4 Å². The van der Waals surface area contributed by atoms with Gasteiger partial charge in [-0.2, -0.15) is 0 Å². The summed E-state index contributed by atoms with van der Waals surface area (Å²) in [6.07, 6.45) is 4.11. The molecular weight excluding hydrogens is 327 g/mol. The molecule has 1 amide bonds. The van der Waals surface area contributed by atoms with Crippen LogP contribution in [0.1, 0.15) is 29.6 Å². The number of fused-ring (bicyclic) bond motifs is 1. The van der Waals surface area contributed by atoms with E-state index in [4.69, 9.17) is 9.84 Å². The van der Waals surface area contributed by atoms with Gasteiger partial charge in [-0.25, -0.2) is 4.39 Å². The van der Waals surface area contributed by atoms with Gasteiger partial charge in [0.15, 0.2) is 0 Å². The second kappa shape index (κ2) is 7.57. The number of carbonyl (C=O) groups is 2. The molecule has 1 saturated heterocycles. The Hall–Kier alpha value is -2.54. The summed E-state index contributed by atoms with van der Waals surface area (Å²) in [5.74, 6) is -1.68. The first-order chi connectivity index (χ1) is 12.1. The smallest absolute Gasteiger partial charge is 0.305 e. The number of carboxylic acid groups (broad SMARTS) is 1. The summed E-state index contributed by atoms with van der Waals surface area (Å²) in [5, 5.41) is 9.75. The summed E-state index contributed by atoms with van der Waals surface area (Å²) in [5.41, 5.74) is 0.335. The van der Waals surface area contributed by atoms with Crippen molar-refractivity contribution in [3.05, 3.63) is 42.0 Å². The van der Waals surface area contributed by atoms with Crippen molar-refractivity contribution in [2.75, 3.05) is 19.8 Å². The first-order valence-electron chi connectivity index (χ1n) is 8.20. The first-order valence-corrected chi connectivity index (χ1v) is 8.20. The molecule has 0 aliphatic carbocycles. The predicted molar refractivity (Wildman–Crippen MR) is 88.8 cm³/mol. The Morgan fingerprint density at radius 2 is 2.00 bits per heavy atom. The van der Waals surface area contributed by atoms with Crippen molar-refractivity contribution >= 4 is 22.6 Å². The van der Waals surface area contributed by atoms with Crippen LogP contribution in [0.2, 0.25) is 0 Å². The van der Waals surface area contributed by atoms with Crippen molar-refractivity contribution in [3.63, 3.8) is 0 Å². The van der Waals surface area contributed by atoms with E-state index in [0.717, 1.165) is 0 Å². The van der Waals surface area contributed by atoms with Gasteiger partial charge in [0.25, 0.3) is 5.91 Å². The highest BCUT2D eigenvalue weighted by Crippen LogP contribution is 2.25. The van der Waals surface area contributed by atoms with E-state index in [9.17, 15) is 14.0 Å². The molecule has 25 heavy (non-hydrogen) atoms. The van der Waals surface area contributed by atoms with Crippen LogP contribution < -0.4 is 0 Å². The van der Waals surface area contributed by atoms with Gasteiger partial charge in [0.1, 0.15) is 5.82 Å². The molecule has 0 atom stereocenters. The van der Waals surface area contributed by atoms with E-state index in [-0.39, 0.29) is 24.9 Å². The second-order valence-electron chi connectivity index (χ2n) is 6.00. The SMILES string of the molecule is O=C(O)CCN(C(=O)c1ccc(F)c2ccncc12)C1CCOCC1. The van der Waals surface area contributed by atoms with Gasteiger partial charge in [-0.05, 0) is 31.0 Å². The number of carbonyl (C=O) groups excluding carboxylic acids is 1. The summed E-state index contributed by atoms with van der Waals surface area (Å²) >= 11 is 0. The fourth-order valence-corrected chi connectivity index (χ4v) is 3.16. The van der Waals surface area contributed by atoms with Gasteiger partial charge >= 0.3 is 5.97 Å². The monoisotopic (exact) mass is 346 g/mol. The van der Waals surface area contributed by atoms with Crippen LogP contribution in [0, 0.1) is 5.82 Å². The third kappa shape index (κ3) is 3.76. The number of benzene rings is 1. The van der Waals surface area contributed by atoms with Crippen molar-refractivity contribution in [1.82, 2.24) is 9.88 Å². The molecule has 3 rings (SSSR count). The lowest BCUT2D eigenvalue weighted by Crippen LogP contribution is -2.44. The molecule has 0 unspecified atom stereocenters. The van der Waals surface area contributed by atoms with Crippen LogP contribution in [-0.4, -0.2) is 52.7 Å². The van der Waals surface area contributed by atoms with E-state index in [1.165, 1.54) is 30.6 Å². The van der Waals surface area contributed by atoms with Crippen molar-refractivity contribution in [2.24, 2.45) is 0 Å². The van der Waals surface area contributed by atoms with Crippen molar-refractivity contribution < 1.29 is 23.8 Å². The van der Waals surface area contributed by atoms with Gasteiger partial charge in [0.05, 0.1) is 6.42 Å². The summed E-state index contributed by atoms with van der Waals surface area (Å²) in [6.45, 7) is 1.18. The molecule has 6 nitrogen and oxygen atoms in total. The first kappa shape index (κ1) is 17.3. The van der Waals surface area contributed by atoms with E-state index in [1.807, 2.05) is 0 Å². The predicted octanol–water partition coefficient (Wildman–Crippen LogP) is 2.47. The lowest BCUT2D eigenvalue weighted by molar-refractivity contribution is -0.137. The minimum Gasteiger partial charge on any atom is -0.481 e. The van der Waals surface area contributed by atoms with Gasteiger partial charge in [-0.1, -0.05) is 0 Å². The molecule has 1 aliphatic heterocycles. The van der Waals surface area contributed by atoms with Crippen LogP contribution in [0.3, 0.4) is 0 Å². The zero-order chi connectivity index (χ0) is 17.8. The van der Waals surface area contributed by atoms with Crippen LogP contribution >= 0.6 is 0 Å². The van der Waals surface area contributed by atoms with Crippen LogP contribution in [-0.2, 0) is 9.53 Å². The number of rotatable bonds is 5. The van der Waals surface area contributed by atoms with Crippen LogP contribution in [0.5, 0.6) is 0 Å². The quantitative estimate of drug-likeness (QED) is 0.900. The molecule has 1 aromatic carbocycles.